The first-order valence-electron chi connectivity index (χ1n) is 5.81. The molecule has 0 aliphatic carbocycles. The third kappa shape index (κ3) is 3.31. The van der Waals surface area contributed by atoms with Crippen LogP contribution >= 0.6 is 0 Å². The molecule has 2 N–H and O–H groups in total. The highest BCUT2D eigenvalue weighted by Crippen LogP contribution is 2.15. The zero-order chi connectivity index (χ0) is 13.8. The summed E-state index contributed by atoms with van der Waals surface area (Å²) in [5, 5.41) is 11.8. The molecule has 1 aromatic carbocycles. The van der Waals surface area contributed by atoms with Crippen LogP contribution in [0, 0.1) is 5.82 Å². The second-order valence-electron chi connectivity index (χ2n) is 4.30. The summed E-state index contributed by atoms with van der Waals surface area (Å²) < 4.78 is 15.4. The maximum atomic E-state index is 13.5. The lowest BCUT2D eigenvalue weighted by Gasteiger charge is -2.16. The number of carboxylic acid groups (broad SMARTS) is 1. The Morgan fingerprint density at radius 3 is 2.95 bits per heavy atom. The predicted molar refractivity (Wildman–Crippen MR) is 68.7 cm³/mol. The highest BCUT2D eigenvalue weighted by Gasteiger charge is 2.11. The van der Waals surface area contributed by atoms with Gasteiger partial charge in [0.25, 0.3) is 0 Å². The van der Waals surface area contributed by atoms with Gasteiger partial charge in [0.05, 0.1) is 11.9 Å². The van der Waals surface area contributed by atoms with E-state index < -0.39 is 11.8 Å². The van der Waals surface area contributed by atoms with Gasteiger partial charge >= 0.3 is 5.97 Å². The first-order chi connectivity index (χ1) is 9.06. The third-order valence-electron chi connectivity index (χ3n) is 2.66. The van der Waals surface area contributed by atoms with Crippen molar-refractivity contribution >= 4 is 11.7 Å². The van der Waals surface area contributed by atoms with Gasteiger partial charge in [0.2, 0.25) is 0 Å². The van der Waals surface area contributed by atoms with Gasteiger partial charge in [-0.2, -0.15) is 0 Å². The highest BCUT2D eigenvalue weighted by atomic mass is 19.1. The maximum absolute atomic E-state index is 13.5. The minimum absolute atomic E-state index is 0.0595. The maximum Gasteiger partial charge on any atom is 0.338 e. The van der Waals surface area contributed by atoms with E-state index >= 15 is 0 Å². The first-order valence-corrected chi connectivity index (χ1v) is 5.81. The van der Waals surface area contributed by atoms with E-state index in [2.05, 4.69) is 10.3 Å². The van der Waals surface area contributed by atoms with Gasteiger partial charge in [-0.05, 0) is 25.1 Å². The van der Waals surface area contributed by atoms with Crippen molar-refractivity contribution in [2.24, 2.45) is 0 Å². The molecule has 100 valence electrons. The van der Waals surface area contributed by atoms with Crippen LogP contribution in [0.2, 0.25) is 0 Å². The first kappa shape index (κ1) is 13.1. The Bertz CT molecular complexity index is 569. The van der Waals surface area contributed by atoms with Crippen molar-refractivity contribution < 1.29 is 14.3 Å². The van der Waals surface area contributed by atoms with Gasteiger partial charge in [-0.1, -0.05) is 0 Å². The molecule has 0 amide bonds. The number of hydrogen-bond donors (Lipinski definition) is 2. The van der Waals surface area contributed by atoms with Gasteiger partial charge in [0.1, 0.15) is 5.82 Å². The van der Waals surface area contributed by atoms with Crippen molar-refractivity contribution in [1.29, 1.82) is 0 Å². The fourth-order valence-corrected chi connectivity index (χ4v) is 1.82. The molecule has 0 spiro atoms. The molecule has 19 heavy (non-hydrogen) atoms. The van der Waals surface area contributed by atoms with Crippen molar-refractivity contribution in [2.45, 2.75) is 19.5 Å². The number of carbonyl (C=O) groups is 1. The van der Waals surface area contributed by atoms with E-state index in [0.29, 0.717) is 12.2 Å². The molecule has 0 radical (unpaired) electrons. The summed E-state index contributed by atoms with van der Waals surface area (Å²) in [6.45, 7) is 2.63. The van der Waals surface area contributed by atoms with Crippen LogP contribution < -0.4 is 5.32 Å². The number of rotatable bonds is 5. The summed E-state index contributed by atoms with van der Waals surface area (Å²) in [7, 11) is 0. The average Bonchev–Trinajstić information content (AvgIpc) is 2.81. The summed E-state index contributed by atoms with van der Waals surface area (Å²) >= 11 is 0. The van der Waals surface area contributed by atoms with Crippen LogP contribution in [0.4, 0.5) is 10.1 Å². The normalized spacial score (nSPS) is 12.1. The lowest BCUT2D eigenvalue weighted by Crippen LogP contribution is -2.21. The molecule has 0 fully saturated rings. The number of carboxylic acids is 1. The van der Waals surface area contributed by atoms with Crippen LogP contribution in [0.15, 0.2) is 36.9 Å². The Morgan fingerprint density at radius 1 is 1.58 bits per heavy atom. The summed E-state index contributed by atoms with van der Waals surface area (Å²) in [6, 6.07) is 4.05. The predicted octanol–water partition coefficient (Wildman–Crippen LogP) is 2.22. The van der Waals surface area contributed by atoms with E-state index in [4.69, 9.17) is 5.11 Å². The second-order valence-corrected chi connectivity index (χ2v) is 4.30. The van der Waals surface area contributed by atoms with Crippen LogP contribution in [-0.4, -0.2) is 26.7 Å². The van der Waals surface area contributed by atoms with Gasteiger partial charge in [-0.25, -0.2) is 14.2 Å². The number of halogens is 1. The fraction of sp³-hybridized carbons (Fsp3) is 0.231. The van der Waals surface area contributed by atoms with Crippen LogP contribution in [0.25, 0.3) is 0 Å². The number of aromatic carboxylic acids is 1. The highest BCUT2D eigenvalue weighted by molar-refractivity contribution is 5.88. The van der Waals surface area contributed by atoms with Crippen LogP contribution in [-0.2, 0) is 6.54 Å². The molecular weight excluding hydrogens is 249 g/mol. The number of benzene rings is 1. The molecule has 2 rings (SSSR count). The Balaban J connectivity index is 2.03. The quantitative estimate of drug-likeness (QED) is 0.868. The topological polar surface area (TPSA) is 67.2 Å². The zero-order valence-corrected chi connectivity index (χ0v) is 10.4. The lowest BCUT2D eigenvalue weighted by atomic mass is 10.2. The standard InChI is InChI=1S/C13H14FN3O2/c1-9(7-17-5-4-15-8-17)16-10-2-3-11(13(18)19)12(14)6-10/h2-6,8-9,16H,7H2,1H3,(H,18,19). The molecule has 0 bridgehead atoms. The number of hydrogen-bond acceptors (Lipinski definition) is 3. The molecule has 1 atom stereocenters. The number of anilines is 1. The number of aromatic nitrogens is 2. The molecule has 0 aliphatic heterocycles. The Hall–Kier alpha value is -2.37. The van der Waals surface area contributed by atoms with Crippen LogP contribution in [0.5, 0.6) is 0 Å². The van der Waals surface area contributed by atoms with Crippen molar-refractivity contribution in [3.05, 3.63) is 48.3 Å². The SMILES string of the molecule is CC(Cn1ccnc1)Nc1ccc(C(=O)O)c(F)c1. The van der Waals surface area contributed by atoms with Gasteiger partial charge in [-0.3, -0.25) is 0 Å². The van der Waals surface area contributed by atoms with Gasteiger partial charge in [0.15, 0.2) is 0 Å². The minimum Gasteiger partial charge on any atom is -0.478 e. The molecular formula is C13H14FN3O2. The van der Waals surface area contributed by atoms with Crippen LogP contribution in [0.3, 0.4) is 0 Å². The number of imidazole rings is 1. The molecule has 2 aromatic rings. The molecule has 5 nitrogen and oxygen atoms in total. The largest absolute Gasteiger partial charge is 0.478 e. The second kappa shape index (κ2) is 5.51. The minimum atomic E-state index is -1.27. The lowest BCUT2D eigenvalue weighted by molar-refractivity contribution is 0.0692. The molecule has 6 heteroatoms. The van der Waals surface area contributed by atoms with E-state index in [1.807, 2.05) is 17.7 Å². The van der Waals surface area contributed by atoms with E-state index in [9.17, 15) is 9.18 Å². The van der Waals surface area contributed by atoms with E-state index in [0.717, 1.165) is 0 Å². The third-order valence-corrected chi connectivity index (χ3v) is 2.66. The van der Waals surface area contributed by atoms with Gasteiger partial charge < -0.3 is 15.0 Å². The van der Waals surface area contributed by atoms with E-state index in [-0.39, 0.29) is 11.6 Å². The Labute approximate surface area is 109 Å². The summed E-state index contributed by atoms with van der Waals surface area (Å²) in [4.78, 5) is 14.6. The monoisotopic (exact) mass is 263 g/mol. The Morgan fingerprint density at radius 2 is 2.37 bits per heavy atom. The van der Waals surface area contributed by atoms with Gasteiger partial charge in [-0.15, -0.1) is 0 Å². The molecule has 0 saturated carbocycles. The zero-order valence-electron chi connectivity index (χ0n) is 10.4. The molecule has 1 aromatic heterocycles. The molecule has 1 unspecified atom stereocenters. The summed E-state index contributed by atoms with van der Waals surface area (Å²) in [6.07, 6.45) is 5.23. The molecule has 0 saturated heterocycles. The van der Waals surface area contributed by atoms with Crippen molar-refractivity contribution in [3.63, 3.8) is 0 Å². The summed E-state index contributed by atoms with van der Waals surface area (Å²) in [5.74, 6) is -2.01. The smallest absolute Gasteiger partial charge is 0.338 e. The van der Waals surface area contributed by atoms with Crippen molar-refractivity contribution in [1.82, 2.24) is 9.55 Å². The Kier molecular flexibility index (Phi) is 3.79. The van der Waals surface area contributed by atoms with Crippen molar-refractivity contribution in [2.75, 3.05) is 5.32 Å². The average molecular weight is 263 g/mol. The molecule has 1 heterocycles. The van der Waals surface area contributed by atoms with E-state index in [1.54, 1.807) is 18.6 Å². The van der Waals surface area contributed by atoms with Crippen LogP contribution in [0.1, 0.15) is 17.3 Å². The fourth-order valence-electron chi connectivity index (χ4n) is 1.82. The summed E-state index contributed by atoms with van der Waals surface area (Å²) in [5.41, 5.74) is 0.225. The van der Waals surface area contributed by atoms with E-state index in [1.165, 1.54) is 12.1 Å². The number of nitrogens with zero attached hydrogens (tertiary/aromatic N) is 2. The van der Waals surface area contributed by atoms with Crippen molar-refractivity contribution in [3.8, 4) is 0 Å². The number of nitrogens with one attached hydrogen (secondary N) is 1. The van der Waals surface area contributed by atoms with Gasteiger partial charge in [0, 0.05) is 30.7 Å². The molecule has 0 aliphatic rings.